The summed E-state index contributed by atoms with van der Waals surface area (Å²) >= 11 is 1.56. The van der Waals surface area contributed by atoms with Gasteiger partial charge in [-0.15, -0.1) is 0 Å². The highest BCUT2D eigenvalue weighted by Gasteiger charge is 2.22. The number of carbonyl (C=O) groups is 1. The van der Waals surface area contributed by atoms with Crippen LogP contribution in [0.15, 0.2) is 15.2 Å². The first-order valence-corrected chi connectivity index (χ1v) is 6.21. The van der Waals surface area contributed by atoms with Crippen LogP contribution in [0.25, 0.3) is 11.5 Å². The van der Waals surface area contributed by atoms with Crippen LogP contribution in [0.4, 0.5) is 0 Å². The summed E-state index contributed by atoms with van der Waals surface area (Å²) in [5.74, 6) is -0.0326. The molecule has 0 bridgehead atoms. The molecule has 96 valence electrons. The third-order valence-corrected chi connectivity index (χ3v) is 3.30. The summed E-state index contributed by atoms with van der Waals surface area (Å²) in [6.45, 7) is 2.17. The van der Waals surface area contributed by atoms with Gasteiger partial charge in [0.2, 0.25) is 11.7 Å². The Labute approximate surface area is 108 Å². The van der Waals surface area contributed by atoms with Crippen molar-refractivity contribution in [2.75, 3.05) is 14.2 Å². The minimum Gasteiger partial charge on any atom is -0.463 e. The quantitative estimate of drug-likeness (QED) is 0.797. The third kappa shape index (κ3) is 2.30. The minimum atomic E-state index is -0.548. The van der Waals surface area contributed by atoms with Crippen molar-refractivity contribution < 1.29 is 18.7 Å². The molecule has 5 nitrogen and oxygen atoms in total. The van der Waals surface area contributed by atoms with Crippen LogP contribution in [0.5, 0.6) is 0 Å². The van der Waals surface area contributed by atoms with Crippen molar-refractivity contribution in [3.05, 3.63) is 27.8 Å². The van der Waals surface area contributed by atoms with Crippen molar-refractivity contribution in [1.29, 1.82) is 0 Å². The Kier molecular flexibility index (Phi) is 3.78. The van der Waals surface area contributed by atoms with Crippen LogP contribution >= 0.6 is 11.3 Å². The van der Waals surface area contributed by atoms with E-state index in [-0.39, 0.29) is 12.4 Å². The van der Waals surface area contributed by atoms with E-state index in [1.165, 1.54) is 14.2 Å². The van der Waals surface area contributed by atoms with Gasteiger partial charge in [-0.05, 0) is 17.9 Å². The smallest absolute Gasteiger partial charge is 0.376 e. The van der Waals surface area contributed by atoms with Gasteiger partial charge < -0.3 is 13.9 Å². The number of esters is 1. The summed E-state index contributed by atoms with van der Waals surface area (Å²) in [7, 11) is 2.84. The van der Waals surface area contributed by atoms with Crippen molar-refractivity contribution in [3.63, 3.8) is 0 Å². The number of carbonyl (C=O) groups excluding carboxylic acids is 1. The van der Waals surface area contributed by atoms with E-state index in [0.717, 1.165) is 11.1 Å². The average molecular weight is 267 g/mol. The molecule has 18 heavy (non-hydrogen) atoms. The zero-order chi connectivity index (χ0) is 13.1. The molecule has 0 spiro atoms. The van der Waals surface area contributed by atoms with Gasteiger partial charge in [-0.1, -0.05) is 0 Å². The predicted molar refractivity (Wildman–Crippen MR) is 66.6 cm³/mol. The standard InChI is InChI=1S/C12H13NO4S/c1-7-5-18-6-8(7)11-13-9(4-15-2)10(17-11)12(14)16-3/h5-6H,4H2,1-3H3. The van der Waals surface area contributed by atoms with Gasteiger partial charge in [0.15, 0.2) is 0 Å². The Morgan fingerprint density at radius 2 is 2.22 bits per heavy atom. The highest BCUT2D eigenvalue weighted by molar-refractivity contribution is 7.08. The maximum absolute atomic E-state index is 11.6. The number of hydrogen-bond donors (Lipinski definition) is 0. The topological polar surface area (TPSA) is 61.6 Å². The Bertz CT molecular complexity index is 558. The van der Waals surface area contributed by atoms with E-state index in [1.807, 2.05) is 17.7 Å². The molecule has 0 atom stereocenters. The van der Waals surface area contributed by atoms with Crippen LogP contribution in [0, 0.1) is 6.92 Å². The van der Waals surface area contributed by atoms with Crippen LogP contribution in [-0.2, 0) is 16.1 Å². The van der Waals surface area contributed by atoms with Gasteiger partial charge in [0.05, 0.1) is 19.3 Å². The summed E-state index contributed by atoms with van der Waals surface area (Å²) in [5, 5.41) is 3.92. The zero-order valence-corrected chi connectivity index (χ0v) is 11.2. The predicted octanol–water partition coefficient (Wildman–Crippen LogP) is 2.64. The lowest BCUT2D eigenvalue weighted by molar-refractivity contribution is 0.0559. The van der Waals surface area contributed by atoms with E-state index in [4.69, 9.17) is 9.15 Å². The van der Waals surface area contributed by atoms with Gasteiger partial charge in [0, 0.05) is 12.5 Å². The molecule has 0 aliphatic carbocycles. The summed E-state index contributed by atoms with van der Waals surface area (Å²) in [6.07, 6.45) is 0. The Morgan fingerprint density at radius 3 is 2.78 bits per heavy atom. The van der Waals surface area contributed by atoms with Gasteiger partial charge >= 0.3 is 5.97 Å². The highest BCUT2D eigenvalue weighted by Crippen LogP contribution is 2.28. The van der Waals surface area contributed by atoms with Crippen molar-refractivity contribution in [1.82, 2.24) is 4.98 Å². The molecule has 2 heterocycles. The molecular formula is C12H13NO4S. The van der Waals surface area contributed by atoms with E-state index < -0.39 is 5.97 Å². The maximum atomic E-state index is 11.6. The fourth-order valence-corrected chi connectivity index (χ4v) is 2.36. The first-order valence-electron chi connectivity index (χ1n) is 5.27. The number of oxazole rings is 1. The first kappa shape index (κ1) is 12.8. The van der Waals surface area contributed by atoms with Crippen LogP contribution in [-0.4, -0.2) is 25.2 Å². The summed E-state index contributed by atoms with van der Waals surface area (Å²) in [5.41, 5.74) is 2.39. The van der Waals surface area contributed by atoms with Gasteiger partial charge in [-0.3, -0.25) is 0 Å². The molecule has 0 aliphatic rings. The molecule has 2 aromatic heterocycles. The fourth-order valence-electron chi connectivity index (χ4n) is 1.53. The second kappa shape index (κ2) is 5.32. The molecule has 2 aromatic rings. The van der Waals surface area contributed by atoms with Gasteiger partial charge in [0.1, 0.15) is 5.69 Å². The lowest BCUT2D eigenvalue weighted by atomic mass is 10.2. The number of nitrogens with zero attached hydrogens (tertiary/aromatic N) is 1. The molecule has 0 fully saturated rings. The normalized spacial score (nSPS) is 10.6. The number of methoxy groups -OCH3 is 2. The molecule has 0 saturated carbocycles. The molecule has 0 radical (unpaired) electrons. The number of hydrogen-bond acceptors (Lipinski definition) is 6. The molecule has 0 aromatic carbocycles. The van der Waals surface area contributed by atoms with Gasteiger partial charge in [0.25, 0.3) is 0 Å². The largest absolute Gasteiger partial charge is 0.463 e. The SMILES string of the molecule is COCc1nc(-c2cscc2C)oc1C(=O)OC. The summed E-state index contributed by atoms with van der Waals surface area (Å²) < 4.78 is 15.1. The van der Waals surface area contributed by atoms with Crippen LogP contribution in [0.2, 0.25) is 0 Å². The van der Waals surface area contributed by atoms with Crippen molar-refractivity contribution in [2.45, 2.75) is 13.5 Å². The lowest BCUT2D eigenvalue weighted by Crippen LogP contribution is -2.04. The van der Waals surface area contributed by atoms with E-state index >= 15 is 0 Å². The fraction of sp³-hybridized carbons (Fsp3) is 0.333. The third-order valence-electron chi connectivity index (χ3n) is 2.44. The summed E-state index contributed by atoms with van der Waals surface area (Å²) in [4.78, 5) is 15.9. The molecule has 6 heteroatoms. The molecule has 2 rings (SSSR count). The number of thiophene rings is 1. The molecule has 0 aliphatic heterocycles. The molecule has 0 N–H and O–H groups in total. The number of rotatable bonds is 4. The van der Waals surface area contributed by atoms with E-state index in [1.54, 1.807) is 11.3 Å². The Morgan fingerprint density at radius 1 is 1.44 bits per heavy atom. The molecule has 0 amide bonds. The van der Waals surface area contributed by atoms with Crippen molar-refractivity contribution >= 4 is 17.3 Å². The van der Waals surface area contributed by atoms with Crippen molar-refractivity contribution in [3.8, 4) is 11.5 Å². The molecule has 0 unspecified atom stereocenters. The lowest BCUT2D eigenvalue weighted by Gasteiger charge is -1.96. The van der Waals surface area contributed by atoms with Crippen LogP contribution in [0.3, 0.4) is 0 Å². The Hall–Kier alpha value is -1.66. The molecular weight excluding hydrogens is 254 g/mol. The second-order valence-electron chi connectivity index (χ2n) is 3.69. The van der Waals surface area contributed by atoms with E-state index in [2.05, 4.69) is 9.72 Å². The molecule has 0 saturated heterocycles. The van der Waals surface area contributed by atoms with Crippen LogP contribution < -0.4 is 0 Å². The minimum absolute atomic E-state index is 0.0972. The van der Waals surface area contributed by atoms with Gasteiger partial charge in [-0.25, -0.2) is 9.78 Å². The zero-order valence-electron chi connectivity index (χ0n) is 10.4. The monoisotopic (exact) mass is 267 g/mol. The first-order chi connectivity index (χ1) is 8.67. The number of aryl methyl sites for hydroxylation is 1. The maximum Gasteiger partial charge on any atom is 0.376 e. The average Bonchev–Trinajstić information content (AvgIpc) is 2.95. The van der Waals surface area contributed by atoms with E-state index in [0.29, 0.717) is 11.6 Å². The number of aromatic nitrogens is 1. The van der Waals surface area contributed by atoms with E-state index in [9.17, 15) is 4.79 Å². The van der Waals surface area contributed by atoms with Crippen LogP contribution in [0.1, 0.15) is 21.8 Å². The highest BCUT2D eigenvalue weighted by atomic mass is 32.1. The number of ether oxygens (including phenoxy) is 2. The Balaban J connectivity index is 2.45. The second-order valence-corrected chi connectivity index (χ2v) is 4.43. The summed E-state index contributed by atoms with van der Waals surface area (Å²) in [6, 6.07) is 0. The van der Waals surface area contributed by atoms with Crippen molar-refractivity contribution in [2.24, 2.45) is 0 Å². The van der Waals surface area contributed by atoms with Gasteiger partial charge in [-0.2, -0.15) is 11.3 Å².